The summed E-state index contributed by atoms with van der Waals surface area (Å²) in [5.41, 5.74) is 0.524. The SMILES string of the molecule is CC(C)NC(=O)N[C@@H]1CCCN(c2cccc(F)c2)C1=O. The van der Waals surface area contributed by atoms with Crippen molar-refractivity contribution in [3.05, 3.63) is 30.1 Å². The standard InChI is InChI=1S/C15H20FN3O2/c1-10(2)17-15(21)18-13-7-4-8-19(14(13)20)12-6-3-5-11(16)9-12/h3,5-6,9-10,13H,4,7-8H2,1-2H3,(H2,17,18,21)/t13-/m1/s1. The average molecular weight is 293 g/mol. The molecule has 5 nitrogen and oxygen atoms in total. The molecule has 114 valence electrons. The van der Waals surface area contributed by atoms with Crippen molar-refractivity contribution in [2.24, 2.45) is 0 Å². The highest BCUT2D eigenvalue weighted by Crippen LogP contribution is 2.21. The minimum absolute atomic E-state index is 0.00279. The highest BCUT2D eigenvalue weighted by molar-refractivity contribution is 5.99. The van der Waals surface area contributed by atoms with Crippen LogP contribution in [0.15, 0.2) is 24.3 Å². The second-order valence-electron chi connectivity index (χ2n) is 5.44. The van der Waals surface area contributed by atoms with E-state index in [9.17, 15) is 14.0 Å². The molecule has 0 aliphatic carbocycles. The smallest absolute Gasteiger partial charge is 0.315 e. The highest BCUT2D eigenvalue weighted by atomic mass is 19.1. The molecule has 0 bridgehead atoms. The molecule has 2 N–H and O–H groups in total. The third-order valence-corrected chi connectivity index (χ3v) is 3.28. The van der Waals surface area contributed by atoms with E-state index in [-0.39, 0.29) is 23.8 Å². The van der Waals surface area contributed by atoms with Crippen LogP contribution in [-0.4, -0.2) is 30.6 Å². The van der Waals surface area contributed by atoms with Crippen molar-refractivity contribution in [2.75, 3.05) is 11.4 Å². The summed E-state index contributed by atoms with van der Waals surface area (Å²) in [6.07, 6.45) is 1.35. The fourth-order valence-corrected chi connectivity index (χ4v) is 2.37. The van der Waals surface area contributed by atoms with Gasteiger partial charge in [0.1, 0.15) is 11.9 Å². The van der Waals surface area contributed by atoms with Gasteiger partial charge in [-0.25, -0.2) is 9.18 Å². The van der Waals surface area contributed by atoms with Gasteiger partial charge >= 0.3 is 6.03 Å². The molecule has 1 aliphatic rings. The predicted octanol–water partition coefficient (Wildman–Crippen LogP) is 2.03. The second-order valence-corrected chi connectivity index (χ2v) is 5.44. The molecule has 0 aromatic heterocycles. The zero-order chi connectivity index (χ0) is 15.4. The molecule has 0 unspecified atom stereocenters. The number of anilines is 1. The maximum Gasteiger partial charge on any atom is 0.315 e. The minimum atomic E-state index is -0.569. The van der Waals surface area contributed by atoms with Crippen LogP contribution in [0, 0.1) is 5.82 Å². The lowest BCUT2D eigenvalue weighted by atomic mass is 10.0. The Labute approximate surface area is 123 Å². The minimum Gasteiger partial charge on any atom is -0.336 e. The van der Waals surface area contributed by atoms with Crippen LogP contribution >= 0.6 is 0 Å². The third kappa shape index (κ3) is 3.93. The van der Waals surface area contributed by atoms with Crippen molar-refractivity contribution in [3.63, 3.8) is 0 Å². The number of amides is 3. The Morgan fingerprint density at radius 2 is 2.19 bits per heavy atom. The molecule has 1 aromatic carbocycles. The number of nitrogens with zero attached hydrogens (tertiary/aromatic N) is 1. The van der Waals surface area contributed by atoms with Gasteiger partial charge in [0.2, 0.25) is 5.91 Å². The number of benzene rings is 1. The molecule has 3 amide bonds. The van der Waals surface area contributed by atoms with E-state index in [0.717, 1.165) is 6.42 Å². The maximum absolute atomic E-state index is 13.3. The largest absolute Gasteiger partial charge is 0.336 e. The molecule has 1 aliphatic heterocycles. The van der Waals surface area contributed by atoms with Crippen LogP contribution in [0.4, 0.5) is 14.9 Å². The summed E-state index contributed by atoms with van der Waals surface area (Å²) in [5.74, 6) is -0.585. The van der Waals surface area contributed by atoms with Gasteiger partial charge in [-0.05, 0) is 44.9 Å². The Balaban J connectivity index is 2.06. The summed E-state index contributed by atoms with van der Waals surface area (Å²) in [4.78, 5) is 25.7. The van der Waals surface area contributed by atoms with Crippen molar-refractivity contribution in [3.8, 4) is 0 Å². The van der Waals surface area contributed by atoms with Crippen LogP contribution in [0.2, 0.25) is 0 Å². The van der Waals surface area contributed by atoms with Crippen LogP contribution in [0.3, 0.4) is 0 Å². The number of halogens is 1. The quantitative estimate of drug-likeness (QED) is 0.895. The van der Waals surface area contributed by atoms with Gasteiger partial charge in [-0.2, -0.15) is 0 Å². The molecule has 1 heterocycles. The van der Waals surface area contributed by atoms with E-state index in [4.69, 9.17) is 0 Å². The summed E-state index contributed by atoms with van der Waals surface area (Å²) in [7, 11) is 0. The Bertz CT molecular complexity index is 533. The number of rotatable bonds is 3. The van der Waals surface area contributed by atoms with Gasteiger partial charge < -0.3 is 15.5 Å². The summed E-state index contributed by atoms with van der Waals surface area (Å²) >= 11 is 0. The highest BCUT2D eigenvalue weighted by Gasteiger charge is 2.30. The molecule has 21 heavy (non-hydrogen) atoms. The molecule has 2 rings (SSSR count). The van der Waals surface area contributed by atoms with Crippen molar-refractivity contribution < 1.29 is 14.0 Å². The van der Waals surface area contributed by atoms with E-state index in [2.05, 4.69) is 10.6 Å². The van der Waals surface area contributed by atoms with Crippen molar-refractivity contribution in [1.29, 1.82) is 0 Å². The van der Waals surface area contributed by atoms with E-state index in [1.807, 2.05) is 13.8 Å². The van der Waals surface area contributed by atoms with Gasteiger partial charge in [0.25, 0.3) is 0 Å². The van der Waals surface area contributed by atoms with Crippen molar-refractivity contribution in [1.82, 2.24) is 10.6 Å². The maximum atomic E-state index is 13.3. The first-order chi connectivity index (χ1) is 9.97. The zero-order valence-electron chi connectivity index (χ0n) is 12.2. The molecular formula is C15H20FN3O2. The second kappa shape index (κ2) is 6.56. The lowest BCUT2D eigenvalue weighted by molar-refractivity contribution is -0.121. The first-order valence-electron chi connectivity index (χ1n) is 7.11. The number of carbonyl (C=O) groups is 2. The lowest BCUT2D eigenvalue weighted by Gasteiger charge is -2.32. The van der Waals surface area contributed by atoms with E-state index in [1.165, 1.54) is 17.0 Å². The van der Waals surface area contributed by atoms with Crippen molar-refractivity contribution >= 4 is 17.6 Å². The number of nitrogens with one attached hydrogen (secondary N) is 2. The first kappa shape index (κ1) is 15.3. The molecule has 0 spiro atoms. The molecule has 1 saturated heterocycles. The molecule has 1 aromatic rings. The summed E-state index contributed by atoms with van der Waals surface area (Å²) in [6, 6.07) is 5.00. The predicted molar refractivity (Wildman–Crippen MR) is 78.6 cm³/mol. The van der Waals surface area contributed by atoms with Crippen LogP contribution in [0.1, 0.15) is 26.7 Å². The molecule has 6 heteroatoms. The Hall–Kier alpha value is -2.11. The van der Waals surface area contributed by atoms with E-state index < -0.39 is 6.04 Å². The molecule has 1 fully saturated rings. The van der Waals surface area contributed by atoms with Gasteiger partial charge in [0.15, 0.2) is 0 Å². The number of carbonyl (C=O) groups excluding carboxylic acids is 2. The van der Waals surface area contributed by atoms with Crippen molar-refractivity contribution in [2.45, 2.75) is 38.8 Å². The van der Waals surface area contributed by atoms with Gasteiger partial charge in [-0.3, -0.25) is 4.79 Å². The molecule has 0 saturated carbocycles. The van der Waals surface area contributed by atoms with E-state index in [1.54, 1.807) is 12.1 Å². The Kier molecular flexibility index (Phi) is 4.77. The fraction of sp³-hybridized carbons (Fsp3) is 0.467. The van der Waals surface area contributed by atoms with E-state index >= 15 is 0 Å². The summed E-state index contributed by atoms with van der Waals surface area (Å²) < 4.78 is 13.3. The normalized spacial score (nSPS) is 18.8. The van der Waals surface area contributed by atoms with Gasteiger partial charge in [-0.15, -0.1) is 0 Å². The third-order valence-electron chi connectivity index (χ3n) is 3.28. The lowest BCUT2D eigenvalue weighted by Crippen LogP contribution is -2.55. The monoisotopic (exact) mass is 293 g/mol. The van der Waals surface area contributed by atoms with Gasteiger partial charge in [0.05, 0.1) is 0 Å². The van der Waals surface area contributed by atoms with Crippen LogP contribution in [-0.2, 0) is 4.79 Å². The Morgan fingerprint density at radius 1 is 1.43 bits per heavy atom. The molecule has 1 atom stereocenters. The number of urea groups is 1. The average Bonchev–Trinajstić information content (AvgIpc) is 2.40. The fourth-order valence-electron chi connectivity index (χ4n) is 2.37. The number of hydrogen-bond donors (Lipinski definition) is 2. The molecular weight excluding hydrogens is 273 g/mol. The van der Waals surface area contributed by atoms with Crippen LogP contribution in [0.5, 0.6) is 0 Å². The van der Waals surface area contributed by atoms with Gasteiger partial charge in [-0.1, -0.05) is 6.07 Å². The van der Waals surface area contributed by atoms with E-state index in [0.29, 0.717) is 18.7 Å². The van der Waals surface area contributed by atoms with Gasteiger partial charge in [0, 0.05) is 18.3 Å². The summed E-state index contributed by atoms with van der Waals surface area (Å²) in [5, 5.41) is 5.37. The van der Waals surface area contributed by atoms with Crippen LogP contribution in [0.25, 0.3) is 0 Å². The molecule has 0 radical (unpaired) electrons. The number of hydrogen-bond acceptors (Lipinski definition) is 2. The first-order valence-corrected chi connectivity index (χ1v) is 7.11. The Morgan fingerprint density at radius 3 is 2.86 bits per heavy atom. The summed E-state index contributed by atoms with van der Waals surface area (Å²) in [6.45, 7) is 4.23. The number of piperidine rings is 1. The van der Waals surface area contributed by atoms with Crippen LogP contribution < -0.4 is 15.5 Å². The zero-order valence-corrected chi connectivity index (χ0v) is 12.2. The topological polar surface area (TPSA) is 61.4 Å².